The van der Waals surface area contributed by atoms with Gasteiger partial charge in [-0.25, -0.2) is 4.98 Å². The van der Waals surface area contributed by atoms with Gasteiger partial charge in [0.15, 0.2) is 0 Å². The highest BCUT2D eigenvalue weighted by Crippen LogP contribution is 2.43. The third-order valence-corrected chi connectivity index (χ3v) is 6.39. The second kappa shape index (κ2) is 5.62. The van der Waals surface area contributed by atoms with Crippen LogP contribution in [-0.2, 0) is 12.2 Å². The molecule has 0 spiro atoms. The van der Waals surface area contributed by atoms with Crippen LogP contribution in [0.1, 0.15) is 37.6 Å². The zero-order valence-electron chi connectivity index (χ0n) is 13.0. The van der Waals surface area contributed by atoms with E-state index in [4.69, 9.17) is 0 Å². The zero-order valence-corrected chi connectivity index (χ0v) is 14.6. The quantitative estimate of drug-likeness (QED) is 0.747. The highest BCUT2D eigenvalue weighted by molar-refractivity contribution is 8.00. The molecule has 2 aromatic heterocycles. The molecule has 0 radical (unpaired) electrons. The molecule has 7 heteroatoms. The van der Waals surface area contributed by atoms with Crippen molar-refractivity contribution in [3.8, 4) is 0 Å². The number of H-pyrrole nitrogens is 1. The fourth-order valence-electron chi connectivity index (χ4n) is 2.45. The van der Waals surface area contributed by atoms with E-state index in [2.05, 4.69) is 41.2 Å². The lowest BCUT2D eigenvalue weighted by atomic mass is 10.00. The van der Waals surface area contributed by atoms with Crippen LogP contribution >= 0.6 is 23.1 Å². The summed E-state index contributed by atoms with van der Waals surface area (Å²) in [6.07, 6.45) is 1.72. The van der Waals surface area contributed by atoms with E-state index in [-0.39, 0.29) is 10.3 Å². The standard InChI is InChI=1S/C15H20N4OS2/c1-5-8(2)18-19-14-16-12(20)11-9-6-15(3,4)21-7-10(9)22-13(11)17-14/h18H,2,5-7H2,1,3-4H3,(H2,16,17,19,20). The van der Waals surface area contributed by atoms with E-state index in [0.29, 0.717) is 5.95 Å². The lowest BCUT2D eigenvalue weighted by molar-refractivity contribution is 0.699. The molecule has 0 amide bonds. The van der Waals surface area contributed by atoms with Gasteiger partial charge in [-0.05, 0) is 18.4 Å². The van der Waals surface area contributed by atoms with E-state index in [0.717, 1.165) is 34.5 Å². The second-order valence-electron chi connectivity index (χ2n) is 6.03. The molecule has 0 saturated heterocycles. The van der Waals surface area contributed by atoms with Crippen LogP contribution in [0, 0.1) is 0 Å². The number of fused-ring (bicyclic) bond motifs is 3. The monoisotopic (exact) mass is 336 g/mol. The van der Waals surface area contributed by atoms with Crippen LogP contribution in [0.15, 0.2) is 17.1 Å². The lowest BCUT2D eigenvalue weighted by Crippen LogP contribution is -2.25. The molecule has 2 aromatic rings. The van der Waals surface area contributed by atoms with Crippen molar-refractivity contribution in [2.24, 2.45) is 0 Å². The summed E-state index contributed by atoms with van der Waals surface area (Å²) >= 11 is 3.56. The van der Waals surface area contributed by atoms with E-state index < -0.39 is 0 Å². The van der Waals surface area contributed by atoms with Gasteiger partial charge in [0.25, 0.3) is 5.56 Å². The van der Waals surface area contributed by atoms with Crippen LogP contribution in [0.25, 0.3) is 10.2 Å². The number of allylic oxidation sites excluding steroid dienone is 1. The molecule has 0 bridgehead atoms. The molecule has 3 heterocycles. The molecular formula is C15H20N4OS2. The van der Waals surface area contributed by atoms with Crippen molar-refractivity contribution in [1.82, 2.24) is 15.4 Å². The van der Waals surface area contributed by atoms with Crippen LogP contribution in [0.2, 0.25) is 0 Å². The van der Waals surface area contributed by atoms with Gasteiger partial charge in [0.05, 0.1) is 5.39 Å². The van der Waals surface area contributed by atoms with Gasteiger partial charge < -0.3 is 5.43 Å². The number of rotatable bonds is 4. The van der Waals surface area contributed by atoms with Crippen LogP contribution in [0.4, 0.5) is 5.95 Å². The normalized spacial score (nSPS) is 16.3. The first-order chi connectivity index (χ1) is 10.4. The maximum Gasteiger partial charge on any atom is 0.261 e. The Bertz CT molecular complexity index is 791. The van der Waals surface area contributed by atoms with Crippen LogP contribution in [-0.4, -0.2) is 14.7 Å². The fourth-order valence-corrected chi connectivity index (χ4v) is 4.79. The number of aromatic nitrogens is 2. The summed E-state index contributed by atoms with van der Waals surface area (Å²) in [6.45, 7) is 10.3. The molecular weight excluding hydrogens is 316 g/mol. The Balaban J connectivity index is 1.99. The molecule has 118 valence electrons. The van der Waals surface area contributed by atoms with Gasteiger partial charge in [0.2, 0.25) is 5.95 Å². The van der Waals surface area contributed by atoms with Crippen molar-refractivity contribution in [3.63, 3.8) is 0 Å². The van der Waals surface area contributed by atoms with Crippen molar-refractivity contribution >= 4 is 39.3 Å². The van der Waals surface area contributed by atoms with Crippen molar-refractivity contribution in [1.29, 1.82) is 0 Å². The summed E-state index contributed by atoms with van der Waals surface area (Å²) in [6, 6.07) is 0. The van der Waals surface area contributed by atoms with Crippen molar-refractivity contribution < 1.29 is 0 Å². The Morgan fingerprint density at radius 1 is 1.50 bits per heavy atom. The maximum atomic E-state index is 12.5. The molecule has 0 fully saturated rings. The average Bonchev–Trinajstić information content (AvgIpc) is 2.81. The first-order valence-electron chi connectivity index (χ1n) is 7.28. The molecule has 0 aromatic carbocycles. The molecule has 0 unspecified atom stereocenters. The number of thioether (sulfide) groups is 1. The largest absolute Gasteiger partial charge is 0.303 e. The predicted octanol–water partition coefficient (Wildman–Crippen LogP) is 3.39. The number of hydrogen-bond donors (Lipinski definition) is 3. The SMILES string of the molecule is C=C(CC)NNc1nc2sc3c(c2c(=O)[nH]1)CC(C)(C)SC3. The number of aromatic amines is 1. The number of anilines is 1. The van der Waals surface area contributed by atoms with Crippen molar-refractivity contribution in [3.05, 3.63) is 33.1 Å². The topological polar surface area (TPSA) is 69.8 Å². The van der Waals surface area contributed by atoms with Crippen LogP contribution in [0.5, 0.6) is 0 Å². The minimum atomic E-state index is -0.0726. The highest BCUT2D eigenvalue weighted by Gasteiger charge is 2.30. The van der Waals surface area contributed by atoms with Crippen molar-refractivity contribution in [2.75, 3.05) is 5.43 Å². The summed E-state index contributed by atoms with van der Waals surface area (Å²) in [5.74, 6) is 1.38. The average molecular weight is 336 g/mol. The summed E-state index contributed by atoms with van der Waals surface area (Å²) in [5, 5.41) is 0.758. The van der Waals surface area contributed by atoms with E-state index in [9.17, 15) is 4.79 Å². The third kappa shape index (κ3) is 2.87. The zero-order chi connectivity index (χ0) is 15.9. The van der Waals surface area contributed by atoms with E-state index in [1.807, 2.05) is 18.7 Å². The molecule has 3 rings (SSSR count). The highest BCUT2D eigenvalue weighted by atomic mass is 32.2. The number of thiophene rings is 1. The number of hydrogen-bond acceptors (Lipinski definition) is 6. The third-order valence-electron chi connectivity index (χ3n) is 3.73. The molecule has 1 aliphatic heterocycles. The molecule has 5 nitrogen and oxygen atoms in total. The number of hydrazine groups is 1. The lowest BCUT2D eigenvalue weighted by Gasteiger charge is -2.28. The predicted molar refractivity (Wildman–Crippen MR) is 95.5 cm³/mol. The van der Waals surface area contributed by atoms with Gasteiger partial charge in [-0.2, -0.15) is 0 Å². The first-order valence-corrected chi connectivity index (χ1v) is 9.08. The van der Waals surface area contributed by atoms with E-state index in [1.54, 1.807) is 11.3 Å². The molecule has 0 atom stereocenters. The number of nitrogens with one attached hydrogen (secondary N) is 3. The summed E-state index contributed by atoms with van der Waals surface area (Å²) in [4.78, 5) is 21.9. The fraction of sp³-hybridized carbons (Fsp3) is 0.467. The molecule has 22 heavy (non-hydrogen) atoms. The maximum absolute atomic E-state index is 12.5. The van der Waals surface area contributed by atoms with Gasteiger partial charge in [0, 0.05) is 21.1 Å². The van der Waals surface area contributed by atoms with Crippen LogP contribution < -0.4 is 16.4 Å². The summed E-state index contributed by atoms with van der Waals surface area (Å²) < 4.78 is 0.171. The Labute approximate surface area is 137 Å². The number of nitrogens with zero attached hydrogens (tertiary/aromatic N) is 1. The molecule has 0 aliphatic carbocycles. The first kappa shape index (κ1) is 15.4. The van der Waals surface area contributed by atoms with Gasteiger partial charge in [0.1, 0.15) is 4.83 Å². The smallest absolute Gasteiger partial charge is 0.261 e. The summed E-state index contributed by atoms with van der Waals surface area (Å²) in [7, 11) is 0. The Morgan fingerprint density at radius 3 is 3.00 bits per heavy atom. The van der Waals surface area contributed by atoms with Gasteiger partial charge in [-0.3, -0.25) is 15.2 Å². The Hall–Kier alpha value is -1.47. The van der Waals surface area contributed by atoms with E-state index in [1.165, 1.54) is 10.4 Å². The minimum absolute atomic E-state index is 0.0726. The van der Waals surface area contributed by atoms with Crippen LogP contribution in [0.3, 0.4) is 0 Å². The van der Waals surface area contributed by atoms with E-state index >= 15 is 0 Å². The Morgan fingerprint density at radius 2 is 2.27 bits per heavy atom. The van der Waals surface area contributed by atoms with Gasteiger partial charge in [-0.15, -0.1) is 23.1 Å². The second-order valence-corrected chi connectivity index (χ2v) is 8.80. The molecule has 0 saturated carbocycles. The minimum Gasteiger partial charge on any atom is -0.303 e. The Kier molecular flexibility index (Phi) is 3.94. The molecule has 1 aliphatic rings. The van der Waals surface area contributed by atoms with Gasteiger partial charge in [-0.1, -0.05) is 27.4 Å². The van der Waals surface area contributed by atoms with Crippen molar-refractivity contribution in [2.45, 2.75) is 44.1 Å². The summed E-state index contributed by atoms with van der Waals surface area (Å²) in [5.41, 5.74) is 7.79. The molecule has 3 N–H and O–H groups in total. The van der Waals surface area contributed by atoms with Gasteiger partial charge >= 0.3 is 0 Å².